The van der Waals surface area contributed by atoms with Crippen LogP contribution in [0.25, 0.3) is 22.4 Å². The van der Waals surface area contributed by atoms with Gasteiger partial charge in [0.15, 0.2) is 0 Å². The van der Waals surface area contributed by atoms with Gasteiger partial charge >= 0.3 is 0 Å². The molecule has 0 aliphatic heterocycles. The second-order valence-corrected chi connectivity index (χ2v) is 6.11. The van der Waals surface area contributed by atoms with Gasteiger partial charge in [-0.3, -0.25) is 0 Å². The van der Waals surface area contributed by atoms with Gasteiger partial charge in [-0.15, -0.1) is 0 Å². The van der Waals surface area contributed by atoms with Crippen molar-refractivity contribution in [3.8, 4) is 28.5 Å². The Morgan fingerprint density at radius 3 is 2.17 bits per heavy atom. The van der Waals surface area contributed by atoms with Crippen molar-refractivity contribution in [3.05, 3.63) is 69.7 Å². The fourth-order valence-corrected chi connectivity index (χ4v) is 3.32. The summed E-state index contributed by atoms with van der Waals surface area (Å²) in [6.45, 7) is 1.89. The van der Waals surface area contributed by atoms with Gasteiger partial charge in [-0.2, -0.15) is 5.26 Å². The predicted molar refractivity (Wildman–Crippen MR) is 99.0 cm³/mol. The van der Waals surface area contributed by atoms with Crippen LogP contribution >= 0.6 is 23.2 Å². The van der Waals surface area contributed by atoms with Crippen LogP contribution in [0, 0.1) is 18.3 Å². The van der Waals surface area contributed by atoms with Crippen LogP contribution in [-0.2, 0) is 0 Å². The fourth-order valence-electron chi connectivity index (χ4n) is 2.73. The van der Waals surface area contributed by atoms with Crippen molar-refractivity contribution in [3.63, 3.8) is 0 Å². The molecule has 0 saturated heterocycles. The molecule has 0 fully saturated rings. The number of hydrogen-bond acceptors (Lipinski definition) is 3. The van der Waals surface area contributed by atoms with Crippen LogP contribution in [0.4, 0.5) is 5.82 Å². The van der Waals surface area contributed by atoms with E-state index in [0.29, 0.717) is 26.9 Å². The molecule has 0 atom stereocenters. The molecule has 0 spiro atoms. The number of pyridine rings is 1. The number of nitrogen functional groups attached to an aromatic ring is 1. The van der Waals surface area contributed by atoms with Crippen LogP contribution < -0.4 is 5.73 Å². The summed E-state index contributed by atoms with van der Waals surface area (Å²) in [5.41, 5.74) is 9.99. The molecule has 0 radical (unpaired) electrons. The van der Waals surface area contributed by atoms with Crippen LogP contribution in [0.1, 0.15) is 11.1 Å². The molecule has 0 bridgehead atoms. The molecule has 0 amide bonds. The summed E-state index contributed by atoms with van der Waals surface area (Å²) in [4.78, 5) is 4.43. The van der Waals surface area contributed by atoms with Crippen LogP contribution in [0.3, 0.4) is 0 Å². The third kappa shape index (κ3) is 2.71. The van der Waals surface area contributed by atoms with E-state index < -0.39 is 0 Å². The molecule has 3 aromatic rings. The average Bonchev–Trinajstić information content (AvgIpc) is 2.58. The van der Waals surface area contributed by atoms with E-state index in [2.05, 4.69) is 11.1 Å². The van der Waals surface area contributed by atoms with E-state index in [-0.39, 0.29) is 11.4 Å². The summed E-state index contributed by atoms with van der Waals surface area (Å²) in [6.07, 6.45) is 0. The smallest absolute Gasteiger partial charge is 0.142 e. The summed E-state index contributed by atoms with van der Waals surface area (Å²) in [7, 11) is 0. The number of rotatable bonds is 2. The molecule has 0 aliphatic rings. The monoisotopic (exact) mass is 353 g/mol. The molecular formula is C19H13Cl2N3. The van der Waals surface area contributed by atoms with Gasteiger partial charge in [0.05, 0.1) is 5.69 Å². The molecule has 24 heavy (non-hydrogen) atoms. The quantitative estimate of drug-likeness (QED) is 0.662. The molecule has 0 saturated carbocycles. The first-order valence-electron chi connectivity index (χ1n) is 7.24. The van der Waals surface area contributed by atoms with Crippen LogP contribution in [0.15, 0.2) is 48.5 Å². The Kier molecular flexibility index (Phi) is 4.44. The number of anilines is 1. The van der Waals surface area contributed by atoms with Gasteiger partial charge in [-0.05, 0) is 24.6 Å². The lowest BCUT2D eigenvalue weighted by atomic mass is 9.92. The van der Waals surface area contributed by atoms with E-state index in [1.807, 2.05) is 37.3 Å². The number of nitrogens with two attached hydrogens (primary N) is 1. The van der Waals surface area contributed by atoms with Crippen molar-refractivity contribution < 1.29 is 0 Å². The van der Waals surface area contributed by atoms with Crippen LogP contribution in [0.5, 0.6) is 0 Å². The molecule has 1 aromatic heterocycles. The molecule has 0 unspecified atom stereocenters. The Bertz CT molecular complexity index is 940. The summed E-state index contributed by atoms with van der Waals surface area (Å²) >= 11 is 12.7. The molecule has 0 aliphatic carbocycles. The number of nitriles is 1. The molecular weight excluding hydrogens is 341 g/mol. The number of halogens is 2. The topological polar surface area (TPSA) is 62.7 Å². The standard InChI is InChI=1S/C19H13Cl2N3/c1-11-16(17-14(20)8-5-9-15(17)21)13(10-22)19(23)24-18(11)12-6-3-2-4-7-12/h2-9H,1H3,(H2,23,24). The highest BCUT2D eigenvalue weighted by Crippen LogP contribution is 2.42. The van der Waals surface area contributed by atoms with Crippen molar-refractivity contribution in [2.45, 2.75) is 6.92 Å². The third-order valence-corrected chi connectivity index (χ3v) is 4.47. The highest BCUT2D eigenvalue weighted by atomic mass is 35.5. The predicted octanol–water partition coefficient (Wildman–Crippen LogP) is 5.48. The first-order chi connectivity index (χ1) is 11.5. The van der Waals surface area contributed by atoms with E-state index in [1.165, 1.54) is 0 Å². The van der Waals surface area contributed by atoms with Gasteiger partial charge in [0.1, 0.15) is 17.5 Å². The van der Waals surface area contributed by atoms with Gasteiger partial charge in [-0.25, -0.2) is 4.98 Å². The molecule has 2 aromatic carbocycles. The summed E-state index contributed by atoms with van der Waals surface area (Å²) in [5, 5.41) is 10.5. The Morgan fingerprint density at radius 1 is 0.958 bits per heavy atom. The van der Waals surface area contributed by atoms with Crippen molar-refractivity contribution in [2.75, 3.05) is 5.73 Å². The van der Waals surface area contributed by atoms with Crippen LogP contribution in [-0.4, -0.2) is 4.98 Å². The highest BCUT2D eigenvalue weighted by Gasteiger charge is 2.21. The van der Waals surface area contributed by atoms with Gasteiger partial charge in [0.2, 0.25) is 0 Å². The lowest BCUT2D eigenvalue weighted by Crippen LogP contribution is -2.03. The van der Waals surface area contributed by atoms with Crippen molar-refractivity contribution in [2.24, 2.45) is 0 Å². The average molecular weight is 354 g/mol. The SMILES string of the molecule is Cc1c(-c2ccccc2)nc(N)c(C#N)c1-c1c(Cl)cccc1Cl. The largest absolute Gasteiger partial charge is 0.383 e. The Morgan fingerprint density at radius 2 is 1.58 bits per heavy atom. The van der Waals surface area contributed by atoms with E-state index >= 15 is 0 Å². The maximum atomic E-state index is 9.57. The summed E-state index contributed by atoms with van der Waals surface area (Å²) in [5.74, 6) is 0.160. The summed E-state index contributed by atoms with van der Waals surface area (Å²) in [6, 6.07) is 17.0. The Hall–Kier alpha value is -2.54. The normalized spacial score (nSPS) is 10.4. The number of nitrogens with zero attached hydrogens (tertiary/aromatic N) is 2. The van der Waals surface area contributed by atoms with Gasteiger partial charge in [0.25, 0.3) is 0 Å². The van der Waals surface area contributed by atoms with E-state index in [9.17, 15) is 5.26 Å². The molecule has 2 N–H and O–H groups in total. The second kappa shape index (κ2) is 6.52. The number of aromatic nitrogens is 1. The van der Waals surface area contributed by atoms with E-state index in [0.717, 1.165) is 11.1 Å². The molecule has 3 nitrogen and oxygen atoms in total. The number of benzene rings is 2. The van der Waals surface area contributed by atoms with Crippen molar-refractivity contribution in [1.82, 2.24) is 4.98 Å². The molecule has 5 heteroatoms. The summed E-state index contributed by atoms with van der Waals surface area (Å²) < 4.78 is 0. The van der Waals surface area contributed by atoms with E-state index in [1.54, 1.807) is 18.2 Å². The van der Waals surface area contributed by atoms with E-state index in [4.69, 9.17) is 28.9 Å². The minimum absolute atomic E-state index is 0.160. The zero-order chi connectivity index (χ0) is 17.3. The van der Waals surface area contributed by atoms with Crippen molar-refractivity contribution in [1.29, 1.82) is 5.26 Å². The fraction of sp³-hybridized carbons (Fsp3) is 0.0526. The minimum Gasteiger partial charge on any atom is -0.383 e. The molecule has 118 valence electrons. The van der Waals surface area contributed by atoms with Crippen molar-refractivity contribution >= 4 is 29.0 Å². The molecule has 3 rings (SSSR count). The molecule has 1 heterocycles. The first-order valence-corrected chi connectivity index (χ1v) is 8.00. The minimum atomic E-state index is 0.160. The first kappa shape index (κ1) is 16.3. The zero-order valence-corrected chi connectivity index (χ0v) is 14.4. The Labute approximate surface area is 150 Å². The second-order valence-electron chi connectivity index (χ2n) is 5.30. The number of hydrogen-bond donors (Lipinski definition) is 1. The lowest BCUT2D eigenvalue weighted by Gasteiger charge is -2.17. The van der Waals surface area contributed by atoms with Gasteiger partial charge < -0.3 is 5.73 Å². The Balaban J connectivity index is 2.42. The maximum Gasteiger partial charge on any atom is 0.142 e. The third-order valence-electron chi connectivity index (χ3n) is 3.84. The van der Waals surface area contributed by atoms with Crippen LogP contribution in [0.2, 0.25) is 10.0 Å². The lowest BCUT2D eigenvalue weighted by molar-refractivity contribution is 1.26. The van der Waals surface area contributed by atoms with Gasteiger partial charge in [0, 0.05) is 26.7 Å². The zero-order valence-electron chi connectivity index (χ0n) is 12.8. The van der Waals surface area contributed by atoms with Gasteiger partial charge in [-0.1, -0.05) is 59.6 Å². The maximum absolute atomic E-state index is 9.57. The highest BCUT2D eigenvalue weighted by molar-refractivity contribution is 6.39.